The zero-order chi connectivity index (χ0) is 20.9. The molecule has 25 heavy (non-hydrogen) atoms. The van der Waals surface area contributed by atoms with E-state index in [0.717, 1.165) is 0 Å². The predicted octanol–water partition coefficient (Wildman–Crippen LogP) is 4.17. The van der Waals surface area contributed by atoms with Crippen molar-refractivity contribution < 1.29 is 80.4 Å². The van der Waals surface area contributed by atoms with Gasteiger partial charge in [-0.1, -0.05) is 0 Å². The summed E-state index contributed by atoms with van der Waals surface area (Å²) in [6.45, 7) is 0. The lowest BCUT2D eigenvalue weighted by atomic mass is 10.2. The summed E-state index contributed by atoms with van der Waals surface area (Å²) in [6, 6.07) is -6.80. The number of ether oxygens (including phenoxy) is 2. The van der Waals surface area contributed by atoms with E-state index in [1.54, 1.807) is 0 Å². The van der Waals surface area contributed by atoms with Crippen LogP contribution in [-0.4, -0.2) is 47.7 Å². The fraction of sp³-hybridized carbons (Fsp3) is 1.00. The molecule has 0 aliphatic heterocycles. The van der Waals surface area contributed by atoms with Crippen LogP contribution in [-0.2, 0) is 9.47 Å². The Bertz CT molecular complexity index is 473. The van der Waals surface area contributed by atoms with E-state index >= 15 is 0 Å². The van der Waals surface area contributed by atoms with Crippen LogP contribution in [0, 0.1) is 0 Å². The highest BCUT2D eigenvalue weighted by Crippen LogP contribution is 2.54. The molecular formula is C7HF15O3. The molecule has 0 aromatic rings. The Balaban J connectivity index is 6.13. The molecule has 0 fully saturated rings. The van der Waals surface area contributed by atoms with Gasteiger partial charge >= 0.3 is 42.6 Å². The van der Waals surface area contributed by atoms with Crippen molar-refractivity contribution in [2.75, 3.05) is 0 Å². The second-order valence-electron chi connectivity index (χ2n) is 3.89. The lowest BCUT2D eigenvalue weighted by molar-refractivity contribution is -0.568. The van der Waals surface area contributed by atoms with Crippen molar-refractivity contribution in [2.45, 2.75) is 42.6 Å². The molecule has 152 valence electrons. The molecule has 2 atom stereocenters. The van der Waals surface area contributed by atoms with Crippen molar-refractivity contribution in [3.63, 3.8) is 0 Å². The van der Waals surface area contributed by atoms with Crippen molar-refractivity contribution >= 4 is 0 Å². The van der Waals surface area contributed by atoms with Crippen LogP contribution in [0.3, 0.4) is 0 Å². The molecule has 0 bridgehead atoms. The maximum Gasteiger partial charge on any atom is 0.483 e. The van der Waals surface area contributed by atoms with Crippen molar-refractivity contribution in [3.05, 3.63) is 0 Å². The topological polar surface area (TPSA) is 38.7 Å². The van der Waals surface area contributed by atoms with Crippen molar-refractivity contribution in [1.82, 2.24) is 0 Å². The van der Waals surface area contributed by atoms with Gasteiger partial charge in [-0.15, -0.1) is 0 Å². The first kappa shape index (κ1) is 23.8. The summed E-state index contributed by atoms with van der Waals surface area (Å²) in [4.78, 5) is 0. The minimum atomic E-state index is -7.68. The smallest absolute Gasteiger partial charge is 0.332 e. The molecule has 0 radical (unpaired) electrons. The van der Waals surface area contributed by atoms with Gasteiger partial charge in [0.25, 0.3) is 0 Å². The minimum Gasteiger partial charge on any atom is -0.332 e. The summed E-state index contributed by atoms with van der Waals surface area (Å²) in [6.07, 6.45) is -36.8. The van der Waals surface area contributed by atoms with Crippen LogP contribution in [0.15, 0.2) is 0 Å². The van der Waals surface area contributed by atoms with E-state index in [1.807, 2.05) is 0 Å². The van der Waals surface area contributed by atoms with Crippen LogP contribution in [0.25, 0.3) is 0 Å². The third-order valence-corrected chi connectivity index (χ3v) is 1.95. The molecule has 0 rings (SSSR count). The third kappa shape index (κ3) is 4.52. The lowest BCUT2D eigenvalue weighted by Gasteiger charge is -2.38. The van der Waals surface area contributed by atoms with Crippen molar-refractivity contribution in [3.8, 4) is 0 Å². The number of alkyl halides is 15. The second kappa shape index (κ2) is 5.93. The number of hydrogen-bond acceptors (Lipinski definition) is 3. The van der Waals surface area contributed by atoms with Gasteiger partial charge in [-0.2, -0.15) is 65.9 Å². The Kier molecular flexibility index (Phi) is 5.65. The van der Waals surface area contributed by atoms with E-state index in [4.69, 9.17) is 5.11 Å². The normalized spacial score (nSPS) is 20.2. The largest absolute Gasteiger partial charge is 0.483 e. The Morgan fingerprint density at radius 1 is 0.440 bits per heavy atom. The van der Waals surface area contributed by atoms with Gasteiger partial charge in [-0.3, -0.25) is 4.74 Å². The molecule has 0 aliphatic carbocycles. The molecular weight excluding hydrogens is 417 g/mol. The van der Waals surface area contributed by atoms with Crippen LogP contribution in [0.4, 0.5) is 65.9 Å². The highest BCUT2D eigenvalue weighted by atomic mass is 19.4. The first-order valence-electron chi connectivity index (χ1n) is 4.87. The first-order chi connectivity index (χ1) is 10.4. The van der Waals surface area contributed by atoms with Gasteiger partial charge in [0.05, 0.1) is 0 Å². The molecule has 0 aromatic heterocycles. The highest BCUT2D eigenvalue weighted by Gasteiger charge is 2.82. The summed E-state index contributed by atoms with van der Waals surface area (Å²) >= 11 is 0. The Morgan fingerprint density at radius 3 is 1.04 bits per heavy atom. The summed E-state index contributed by atoms with van der Waals surface area (Å²) < 4.78 is 185. The van der Waals surface area contributed by atoms with Gasteiger partial charge in [0.2, 0.25) is 0 Å². The van der Waals surface area contributed by atoms with Crippen LogP contribution in [0.5, 0.6) is 0 Å². The maximum absolute atomic E-state index is 13.2. The molecule has 0 saturated heterocycles. The molecule has 18 heteroatoms. The SMILES string of the molecule is OC(F)(OC(F)(F)C(F)(OC(F)(F)C(F)(F)F)C(F)(F)F)C(F)(F)F. The zero-order valence-electron chi connectivity index (χ0n) is 10.4. The van der Waals surface area contributed by atoms with Gasteiger partial charge in [0, 0.05) is 0 Å². The van der Waals surface area contributed by atoms with Gasteiger partial charge in [-0.05, 0) is 0 Å². The standard InChI is InChI=1S/C7HF15O3/c8-1(2(9,10)11,24-6(20,21)3(12,13)14)5(18,19)25-7(22,23)4(15,16)17/h23H. The number of rotatable bonds is 5. The second-order valence-corrected chi connectivity index (χ2v) is 3.89. The Morgan fingerprint density at radius 2 is 0.800 bits per heavy atom. The van der Waals surface area contributed by atoms with E-state index in [0.29, 0.717) is 0 Å². The summed E-state index contributed by atoms with van der Waals surface area (Å²) in [5.74, 6) is -7.68. The minimum absolute atomic E-state index is 1.31. The average molecular weight is 418 g/mol. The Hall–Kier alpha value is -1.17. The molecule has 2 unspecified atom stereocenters. The molecule has 0 saturated carbocycles. The first-order valence-corrected chi connectivity index (χ1v) is 4.87. The number of hydrogen-bond donors (Lipinski definition) is 1. The van der Waals surface area contributed by atoms with Crippen molar-refractivity contribution in [1.29, 1.82) is 0 Å². The van der Waals surface area contributed by atoms with E-state index in [1.165, 1.54) is 9.47 Å². The fourth-order valence-electron chi connectivity index (χ4n) is 0.810. The van der Waals surface area contributed by atoms with Crippen LogP contribution < -0.4 is 0 Å². The van der Waals surface area contributed by atoms with Gasteiger partial charge in [0.1, 0.15) is 0 Å². The average Bonchev–Trinajstić information content (AvgIpc) is 2.21. The van der Waals surface area contributed by atoms with Gasteiger partial charge in [0.15, 0.2) is 0 Å². The molecule has 3 nitrogen and oxygen atoms in total. The van der Waals surface area contributed by atoms with Crippen LogP contribution in [0.1, 0.15) is 0 Å². The fourth-order valence-corrected chi connectivity index (χ4v) is 0.810. The number of aliphatic hydroxyl groups is 1. The molecule has 0 spiro atoms. The van der Waals surface area contributed by atoms with E-state index in [9.17, 15) is 65.9 Å². The lowest BCUT2D eigenvalue weighted by Crippen LogP contribution is -2.65. The summed E-state index contributed by atoms with van der Waals surface area (Å²) in [7, 11) is 0. The monoisotopic (exact) mass is 418 g/mol. The van der Waals surface area contributed by atoms with Gasteiger partial charge < -0.3 is 5.11 Å². The molecule has 1 N–H and O–H groups in total. The Labute approximate surface area is 124 Å². The van der Waals surface area contributed by atoms with Gasteiger partial charge in [-0.25, -0.2) is 4.74 Å². The molecule has 0 aromatic carbocycles. The molecule has 0 amide bonds. The molecule has 0 heterocycles. The van der Waals surface area contributed by atoms with Crippen LogP contribution in [0.2, 0.25) is 0 Å². The zero-order valence-corrected chi connectivity index (χ0v) is 10.4. The quantitative estimate of drug-likeness (QED) is 0.538. The predicted molar refractivity (Wildman–Crippen MR) is 40.1 cm³/mol. The highest BCUT2D eigenvalue weighted by molar-refractivity contribution is 4.90. The summed E-state index contributed by atoms with van der Waals surface area (Å²) in [5.41, 5.74) is 0. The third-order valence-electron chi connectivity index (χ3n) is 1.95. The maximum atomic E-state index is 13.2. The van der Waals surface area contributed by atoms with E-state index in [2.05, 4.69) is 0 Å². The number of halogens is 15. The summed E-state index contributed by atoms with van der Waals surface area (Å²) in [5, 5.41) is 7.78. The van der Waals surface area contributed by atoms with Crippen molar-refractivity contribution in [2.24, 2.45) is 0 Å². The molecule has 0 aliphatic rings. The van der Waals surface area contributed by atoms with Crippen LogP contribution >= 0.6 is 0 Å². The van der Waals surface area contributed by atoms with E-state index < -0.39 is 42.6 Å². The van der Waals surface area contributed by atoms with E-state index in [-0.39, 0.29) is 0 Å².